The number of hydrogen-bond donors (Lipinski definition) is 2. The molecule has 0 aliphatic heterocycles. The summed E-state index contributed by atoms with van der Waals surface area (Å²) in [5.41, 5.74) is 0.827. The van der Waals surface area contributed by atoms with Crippen LogP contribution in [0.25, 0.3) is 0 Å². The highest BCUT2D eigenvalue weighted by molar-refractivity contribution is 5.95. The third-order valence-corrected chi connectivity index (χ3v) is 3.01. The molecule has 1 heterocycles. The van der Waals surface area contributed by atoms with Gasteiger partial charge in [-0.05, 0) is 25.5 Å². The summed E-state index contributed by atoms with van der Waals surface area (Å²) in [5, 5.41) is 9.66. The fourth-order valence-electron chi connectivity index (χ4n) is 1.91. The predicted molar refractivity (Wildman–Crippen MR) is 80.6 cm³/mol. The number of anilines is 2. The summed E-state index contributed by atoms with van der Waals surface area (Å²) in [6.07, 6.45) is 0.639. The number of benzene rings is 1. The Morgan fingerprint density at radius 1 is 1.43 bits per heavy atom. The lowest BCUT2D eigenvalue weighted by Gasteiger charge is -2.17. The number of amides is 1. The van der Waals surface area contributed by atoms with Crippen molar-refractivity contribution in [3.05, 3.63) is 36.1 Å². The van der Waals surface area contributed by atoms with Crippen molar-refractivity contribution in [2.24, 2.45) is 0 Å². The number of carbonyl (C=O) groups excluding carboxylic acids is 1. The second-order valence-corrected chi connectivity index (χ2v) is 4.65. The van der Waals surface area contributed by atoms with E-state index in [9.17, 15) is 4.79 Å². The lowest BCUT2D eigenvalue weighted by molar-refractivity contribution is -0.117. The van der Waals surface area contributed by atoms with Gasteiger partial charge in [-0.2, -0.15) is 0 Å². The van der Waals surface area contributed by atoms with Gasteiger partial charge in [0.2, 0.25) is 5.91 Å². The van der Waals surface area contributed by atoms with Gasteiger partial charge in [-0.1, -0.05) is 18.1 Å². The minimum atomic E-state index is -0.367. The third-order valence-electron chi connectivity index (χ3n) is 3.01. The molecule has 0 bridgehead atoms. The Morgan fingerprint density at radius 3 is 2.86 bits per heavy atom. The third kappa shape index (κ3) is 3.98. The second kappa shape index (κ2) is 6.78. The molecule has 0 saturated carbocycles. The number of nitrogens with zero attached hydrogens (tertiary/aromatic N) is 1. The smallest absolute Gasteiger partial charge is 0.248 e. The molecular weight excluding hydrogens is 270 g/mol. The molecule has 1 aromatic heterocycles. The van der Waals surface area contributed by atoms with E-state index in [-0.39, 0.29) is 11.9 Å². The molecule has 2 rings (SSSR count). The molecular formula is C15H19N3O3. The Hall–Kier alpha value is -2.50. The number of nitrogens with one attached hydrogen (secondary N) is 2. The highest BCUT2D eigenvalue weighted by Gasteiger charge is 2.17. The van der Waals surface area contributed by atoms with Crippen LogP contribution in [0.5, 0.6) is 5.75 Å². The molecule has 0 spiro atoms. The fraction of sp³-hybridized carbons (Fsp3) is 0.333. The number of methoxy groups -OCH3 is 1. The van der Waals surface area contributed by atoms with E-state index in [0.717, 1.165) is 11.4 Å². The number of aromatic nitrogens is 1. The van der Waals surface area contributed by atoms with Gasteiger partial charge in [-0.25, -0.2) is 0 Å². The maximum absolute atomic E-state index is 12.2. The van der Waals surface area contributed by atoms with Gasteiger partial charge in [-0.3, -0.25) is 4.79 Å². The zero-order valence-electron chi connectivity index (χ0n) is 12.3. The first kappa shape index (κ1) is 14.9. The molecule has 1 aromatic carbocycles. The maximum Gasteiger partial charge on any atom is 0.248 e. The summed E-state index contributed by atoms with van der Waals surface area (Å²) in [5.74, 6) is 1.65. The molecule has 0 aliphatic rings. The number of aryl methyl sites for hydroxylation is 1. The van der Waals surface area contributed by atoms with Crippen LogP contribution in [0, 0.1) is 6.92 Å². The van der Waals surface area contributed by atoms with Crippen LogP contribution in [0.15, 0.2) is 34.9 Å². The molecule has 1 amide bonds. The first-order valence-electron chi connectivity index (χ1n) is 6.77. The molecule has 0 radical (unpaired) electrons. The van der Waals surface area contributed by atoms with Gasteiger partial charge in [0.1, 0.15) is 17.6 Å². The maximum atomic E-state index is 12.2. The average molecular weight is 289 g/mol. The van der Waals surface area contributed by atoms with Crippen LogP contribution in [-0.4, -0.2) is 24.2 Å². The largest absolute Gasteiger partial charge is 0.497 e. The first-order valence-corrected chi connectivity index (χ1v) is 6.77. The number of rotatable bonds is 6. The highest BCUT2D eigenvalue weighted by Crippen LogP contribution is 2.18. The second-order valence-electron chi connectivity index (χ2n) is 4.65. The van der Waals surface area contributed by atoms with Crippen LogP contribution in [0.1, 0.15) is 19.1 Å². The van der Waals surface area contributed by atoms with Gasteiger partial charge in [-0.15, -0.1) is 0 Å². The molecule has 112 valence electrons. The number of ether oxygens (including phenoxy) is 1. The predicted octanol–water partition coefficient (Wildman–Crippen LogP) is 2.82. The standard InChI is InChI=1S/C15H19N3O3/c1-4-13(15(19)17-14-8-10(2)21-18-14)16-11-6-5-7-12(9-11)20-3/h5-9,13,16H,4H2,1-3H3,(H,17,18,19)/t13-/m0/s1. The Balaban J connectivity index is 2.02. The van der Waals surface area contributed by atoms with E-state index in [1.165, 1.54) is 0 Å². The van der Waals surface area contributed by atoms with Crippen molar-refractivity contribution in [1.29, 1.82) is 0 Å². The van der Waals surface area contributed by atoms with Gasteiger partial charge in [0.05, 0.1) is 7.11 Å². The van der Waals surface area contributed by atoms with Crippen molar-refractivity contribution in [3.63, 3.8) is 0 Å². The van der Waals surface area contributed by atoms with Gasteiger partial charge in [0, 0.05) is 17.8 Å². The van der Waals surface area contributed by atoms with Crippen molar-refractivity contribution >= 4 is 17.4 Å². The minimum Gasteiger partial charge on any atom is -0.497 e. The molecule has 0 aliphatic carbocycles. The lowest BCUT2D eigenvalue weighted by atomic mass is 10.2. The van der Waals surface area contributed by atoms with E-state index in [1.807, 2.05) is 31.2 Å². The average Bonchev–Trinajstić information content (AvgIpc) is 2.90. The van der Waals surface area contributed by atoms with Crippen LogP contribution < -0.4 is 15.4 Å². The SMILES string of the molecule is CC[C@H](Nc1cccc(OC)c1)C(=O)Nc1cc(C)on1. The minimum absolute atomic E-state index is 0.159. The molecule has 6 heteroatoms. The lowest BCUT2D eigenvalue weighted by Crippen LogP contribution is -2.34. The Bertz CT molecular complexity index is 610. The molecule has 0 unspecified atom stereocenters. The summed E-state index contributed by atoms with van der Waals surface area (Å²) in [6.45, 7) is 3.71. The van der Waals surface area contributed by atoms with E-state index in [0.29, 0.717) is 18.0 Å². The molecule has 0 fully saturated rings. The summed E-state index contributed by atoms with van der Waals surface area (Å²) in [7, 11) is 1.61. The summed E-state index contributed by atoms with van der Waals surface area (Å²) < 4.78 is 10.1. The van der Waals surface area contributed by atoms with Gasteiger partial charge in [0.15, 0.2) is 5.82 Å². The highest BCUT2D eigenvalue weighted by atomic mass is 16.5. The zero-order valence-corrected chi connectivity index (χ0v) is 12.3. The van der Waals surface area contributed by atoms with Crippen LogP contribution in [0.2, 0.25) is 0 Å². The van der Waals surface area contributed by atoms with Gasteiger partial charge in [0.25, 0.3) is 0 Å². The topological polar surface area (TPSA) is 76.4 Å². The van der Waals surface area contributed by atoms with E-state index in [2.05, 4.69) is 15.8 Å². The molecule has 1 atom stereocenters. The number of hydrogen-bond acceptors (Lipinski definition) is 5. The Kier molecular flexibility index (Phi) is 4.81. The van der Waals surface area contributed by atoms with Crippen molar-refractivity contribution in [3.8, 4) is 5.75 Å². The quantitative estimate of drug-likeness (QED) is 0.855. The Morgan fingerprint density at radius 2 is 2.24 bits per heavy atom. The van der Waals surface area contributed by atoms with E-state index in [4.69, 9.17) is 9.26 Å². The van der Waals surface area contributed by atoms with Crippen molar-refractivity contribution in [2.75, 3.05) is 17.7 Å². The van der Waals surface area contributed by atoms with Gasteiger partial charge < -0.3 is 19.9 Å². The van der Waals surface area contributed by atoms with E-state index < -0.39 is 0 Å². The molecule has 0 saturated heterocycles. The Labute approximate surface area is 123 Å². The van der Waals surface area contributed by atoms with Crippen molar-refractivity contribution in [2.45, 2.75) is 26.3 Å². The van der Waals surface area contributed by atoms with E-state index >= 15 is 0 Å². The summed E-state index contributed by atoms with van der Waals surface area (Å²) in [4.78, 5) is 12.2. The molecule has 21 heavy (non-hydrogen) atoms. The molecule has 2 aromatic rings. The molecule has 2 N–H and O–H groups in total. The fourth-order valence-corrected chi connectivity index (χ4v) is 1.91. The van der Waals surface area contributed by atoms with Crippen LogP contribution in [0.3, 0.4) is 0 Å². The van der Waals surface area contributed by atoms with Gasteiger partial charge >= 0.3 is 0 Å². The van der Waals surface area contributed by atoms with Crippen molar-refractivity contribution < 1.29 is 14.1 Å². The van der Waals surface area contributed by atoms with Crippen LogP contribution in [0.4, 0.5) is 11.5 Å². The monoisotopic (exact) mass is 289 g/mol. The summed E-state index contributed by atoms with van der Waals surface area (Å²) >= 11 is 0. The first-order chi connectivity index (χ1) is 10.1. The van der Waals surface area contributed by atoms with Crippen LogP contribution >= 0.6 is 0 Å². The zero-order chi connectivity index (χ0) is 15.2. The van der Waals surface area contributed by atoms with E-state index in [1.54, 1.807) is 20.1 Å². The van der Waals surface area contributed by atoms with Crippen LogP contribution in [-0.2, 0) is 4.79 Å². The summed E-state index contributed by atoms with van der Waals surface area (Å²) in [6, 6.07) is 8.76. The molecule has 6 nitrogen and oxygen atoms in total. The normalized spacial score (nSPS) is 11.8. The number of carbonyl (C=O) groups is 1. The van der Waals surface area contributed by atoms with Crippen molar-refractivity contribution in [1.82, 2.24) is 5.16 Å².